The molecule has 1 unspecified atom stereocenters. The quantitative estimate of drug-likeness (QED) is 0.733. The lowest BCUT2D eigenvalue weighted by atomic mass is 9.76. The number of likely N-dealkylation sites (tertiary alicyclic amines) is 1. The molecule has 2 rings (SSSR count). The maximum atomic E-state index is 12.4. The Morgan fingerprint density at radius 2 is 2.10 bits per heavy atom. The topological polar surface area (TPSA) is 78.9 Å². The highest BCUT2D eigenvalue weighted by Gasteiger charge is 2.46. The van der Waals surface area contributed by atoms with Crippen LogP contribution in [0.5, 0.6) is 0 Å². The Labute approximate surface area is 125 Å². The Morgan fingerprint density at radius 1 is 1.38 bits per heavy atom. The highest BCUT2D eigenvalue weighted by molar-refractivity contribution is 5.83. The Morgan fingerprint density at radius 3 is 2.71 bits per heavy atom. The number of ether oxygens (including phenoxy) is 1. The van der Waals surface area contributed by atoms with Crippen LogP contribution in [-0.2, 0) is 14.3 Å². The van der Waals surface area contributed by atoms with Crippen molar-refractivity contribution in [1.29, 1.82) is 0 Å². The molecule has 120 valence electrons. The molecule has 0 aromatic rings. The van der Waals surface area contributed by atoms with Crippen LogP contribution in [0.25, 0.3) is 0 Å². The smallest absolute Gasteiger partial charge is 0.313 e. The van der Waals surface area contributed by atoms with Gasteiger partial charge in [0.2, 0.25) is 0 Å². The lowest BCUT2D eigenvalue weighted by Gasteiger charge is -2.44. The van der Waals surface area contributed by atoms with Gasteiger partial charge in [-0.2, -0.15) is 0 Å². The fourth-order valence-corrected chi connectivity index (χ4v) is 3.61. The van der Waals surface area contributed by atoms with Gasteiger partial charge in [0.25, 0.3) is 0 Å². The molecule has 2 aliphatic rings. The van der Waals surface area contributed by atoms with Gasteiger partial charge in [-0.1, -0.05) is 0 Å². The fourth-order valence-electron chi connectivity index (χ4n) is 3.61. The number of nitrogens with zero attached hydrogens (tertiary/aromatic N) is 1. The van der Waals surface area contributed by atoms with E-state index in [1.807, 2.05) is 0 Å². The molecule has 0 saturated carbocycles. The van der Waals surface area contributed by atoms with Crippen LogP contribution in [0.1, 0.15) is 39.0 Å². The monoisotopic (exact) mass is 298 g/mol. The van der Waals surface area contributed by atoms with Crippen molar-refractivity contribution in [1.82, 2.24) is 10.2 Å². The highest BCUT2D eigenvalue weighted by Crippen LogP contribution is 2.36. The first-order valence-corrected chi connectivity index (χ1v) is 7.91. The van der Waals surface area contributed by atoms with Crippen LogP contribution in [0.15, 0.2) is 0 Å². The Bertz CT molecular complexity index is 382. The summed E-state index contributed by atoms with van der Waals surface area (Å²) >= 11 is 0. The third-order valence-corrected chi connectivity index (χ3v) is 4.63. The average Bonchev–Trinajstić information content (AvgIpc) is 2.48. The molecule has 0 bridgehead atoms. The van der Waals surface area contributed by atoms with Gasteiger partial charge in [-0.15, -0.1) is 0 Å². The molecule has 0 amide bonds. The number of carboxylic acids is 1. The third-order valence-electron chi connectivity index (χ3n) is 4.63. The molecular formula is C15H26N2O4. The molecule has 2 fully saturated rings. The van der Waals surface area contributed by atoms with Crippen LogP contribution in [0.4, 0.5) is 0 Å². The van der Waals surface area contributed by atoms with Crippen molar-refractivity contribution in [3.63, 3.8) is 0 Å². The summed E-state index contributed by atoms with van der Waals surface area (Å²) in [5, 5.41) is 12.5. The number of carbonyl (C=O) groups excluding carboxylic acids is 1. The predicted octanol–water partition coefficient (Wildman–Crippen LogP) is 0.858. The molecule has 6 nitrogen and oxygen atoms in total. The Kier molecular flexibility index (Phi) is 5.58. The maximum Gasteiger partial charge on any atom is 0.313 e. The first-order chi connectivity index (χ1) is 10.1. The lowest BCUT2D eigenvalue weighted by molar-refractivity contribution is -0.165. The summed E-state index contributed by atoms with van der Waals surface area (Å²) in [5.41, 5.74) is -0.870. The van der Waals surface area contributed by atoms with Gasteiger partial charge in [-0.25, -0.2) is 0 Å². The average molecular weight is 298 g/mol. The van der Waals surface area contributed by atoms with Crippen LogP contribution >= 0.6 is 0 Å². The molecule has 2 N–H and O–H groups in total. The molecule has 2 aliphatic heterocycles. The van der Waals surface area contributed by atoms with Gasteiger partial charge in [-0.3, -0.25) is 14.5 Å². The minimum atomic E-state index is -0.921. The highest BCUT2D eigenvalue weighted by atomic mass is 16.5. The van der Waals surface area contributed by atoms with E-state index in [0.717, 1.165) is 38.9 Å². The molecule has 1 atom stereocenters. The molecule has 2 saturated heterocycles. The molecule has 2 heterocycles. The zero-order valence-electron chi connectivity index (χ0n) is 12.8. The summed E-state index contributed by atoms with van der Waals surface area (Å²) in [6.45, 7) is 5.51. The summed E-state index contributed by atoms with van der Waals surface area (Å²) < 4.78 is 5.18. The van der Waals surface area contributed by atoms with Gasteiger partial charge in [0.1, 0.15) is 0 Å². The second-order valence-corrected chi connectivity index (χ2v) is 6.13. The molecule has 21 heavy (non-hydrogen) atoms. The van der Waals surface area contributed by atoms with E-state index in [4.69, 9.17) is 4.74 Å². The fraction of sp³-hybridized carbons (Fsp3) is 0.867. The third kappa shape index (κ3) is 3.95. The Hall–Kier alpha value is -1.14. The summed E-state index contributed by atoms with van der Waals surface area (Å²) in [4.78, 5) is 25.9. The van der Waals surface area contributed by atoms with Crippen molar-refractivity contribution >= 4 is 11.9 Å². The molecular weight excluding hydrogens is 272 g/mol. The number of nitrogens with one attached hydrogen (secondary N) is 1. The minimum absolute atomic E-state index is 0.132. The van der Waals surface area contributed by atoms with Gasteiger partial charge in [-0.05, 0) is 52.2 Å². The van der Waals surface area contributed by atoms with Crippen LogP contribution in [0, 0.1) is 5.41 Å². The van der Waals surface area contributed by atoms with Crippen molar-refractivity contribution in [3.05, 3.63) is 0 Å². The molecule has 0 aliphatic carbocycles. The SMILES string of the molecule is CCOC(=O)C1(CC(=O)O)CCCN(C2CCNCC2)C1. The van der Waals surface area contributed by atoms with Gasteiger partial charge >= 0.3 is 11.9 Å². The van der Waals surface area contributed by atoms with Gasteiger partial charge in [0.15, 0.2) is 0 Å². The number of piperidine rings is 2. The zero-order valence-corrected chi connectivity index (χ0v) is 12.8. The largest absolute Gasteiger partial charge is 0.481 e. The van der Waals surface area contributed by atoms with E-state index in [2.05, 4.69) is 10.2 Å². The predicted molar refractivity (Wildman–Crippen MR) is 78.0 cm³/mol. The van der Waals surface area contributed by atoms with E-state index < -0.39 is 11.4 Å². The first-order valence-electron chi connectivity index (χ1n) is 7.91. The van der Waals surface area contributed by atoms with Crippen molar-refractivity contribution in [2.24, 2.45) is 5.41 Å². The normalized spacial score (nSPS) is 28.2. The van der Waals surface area contributed by atoms with Gasteiger partial charge in [0, 0.05) is 12.6 Å². The lowest BCUT2D eigenvalue weighted by Crippen LogP contribution is -2.54. The second kappa shape index (κ2) is 7.22. The molecule has 0 aromatic carbocycles. The van der Waals surface area contributed by atoms with E-state index >= 15 is 0 Å². The second-order valence-electron chi connectivity index (χ2n) is 6.13. The van der Waals surface area contributed by atoms with Crippen molar-refractivity contribution in [2.75, 3.05) is 32.8 Å². The Balaban J connectivity index is 2.11. The number of hydrogen-bond donors (Lipinski definition) is 2. The summed E-state index contributed by atoms with van der Waals surface area (Å²) in [7, 11) is 0. The van der Waals surface area contributed by atoms with Gasteiger partial charge < -0.3 is 15.2 Å². The van der Waals surface area contributed by atoms with Crippen LogP contribution in [-0.4, -0.2) is 60.8 Å². The van der Waals surface area contributed by atoms with Crippen molar-refractivity contribution in [2.45, 2.75) is 45.1 Å². The van der Waals surface area contributed by atoms with Crippen LogP contribution < -0.4 is 5.32 Å². The van der Waals surface area contributed by atoms with Crippen LogP contribution in [0.2, 0.25) is 0 Å². The maximum absolute atomic E-state index is 12.4. The van der Waals surface area contributed by atoms with Gasteiger partial charge in [0.05, 0.1) is 18.4 Å². The molecule has 0 spiro atoms. The van der Waals surface area contributed by atoms with Crippen molar-refractivity contribution < 1.29 is 19.4 Å². The van der Waals surface area contributed by atoms with Crippen LogP contribution in [0.3, 0.4) is 0 Å². The summed E-state index contributed by atoms with van der Waals surface area (Å²) in [6, 6.07) is 0.453. The number of aliphatic carboxylic acids is 1. The van der Waals surface area contributed by atoms with E-state index in [1.165, 1.54) is 0 Å². The van der Waals surface area contributed by atoms with Crippen molar-refractivity contribution in [3.8, 4) is 0 Å². The molecule has 6 heteroatoms. The molecule has 0 aromatic heterocycles. The van der Waals surface area contributed by atoms with E-state index in [-0.39, 0.29) is 12.4 Å². The number of carbonyl (C=O) groups is 2. The minimum Gasteiger partial charge on any atom is -0.481 e. The standard InChI is InChI=1S/C15H26N2O4/c1-2-21-14(20)15(10-13(18)19)6-3-9-17(11-15)12-4-7-16-8-5-12/h12,16H,2-11H2,1H3,(H,18,19). The number of carboxylic acid groups (broad SMARTS) is 1. The number of esters is 1. The van der Waals surface area contributed by atoms with E-state index in [1.54, 1.807) is 6.92 Å². The first kappa shape index (κ1) is 16.2. The molecule has 0 radical (unpaired) electrons. The number of hydrogen-bond acceptors (Lipinski definition) is 5. The summed E-state index contributed by atoms with van der Waals surface area (Å²) in [5.74, 6) is -1.26. The van der Waals surface area contributed by atoms with E-state index in [0.29, 0.717) is 25.6 Å². The van der Waals surface area contributed by atoms with E-state index in [9.17, 15) is 14.7 Å². The number of rotatable bonds is 5. The summed E-state index contributed by atoms with van der Waals surface area (Å²) in [6.07, 6.45) is 3.46. The zero-order chi connectivity index (χ0) is 15.3.